The van der Waals surface area contributed by atoms with E-state index in [1.165, 1.54) is 0 Å². The quantitative estimate of drug-likeness (QED) is 0.946. The molecule has 0 bridgehead atoms. The molecule has 1 heterocycles. The minimum absolute atomic E-state index is 0.117. The molecule has 1 aromatic carbocycles. The lowest BCUT2D eigenvalue weighted by molar-refractivity contribution is 0.686. The summed E-state index contributed by atoms with van der Waals surface area (Å²) in [6, 6.07) is 8.29. The Kier molecular flexibility index (Phi) is 3.64. The topological polar surface area (TPSA) is 43.8 Å². The minimum Gasteiger partial charge on any atom is -0.328 e. The van der Waals surface area contributed by atoms with Gasteiger partial charge in [0.15, 0.2) is 0 Å². The van der Waals surface area contributed by atoms with Gasteiger partial charge in [-0.05, 0) is 18.6 Å². The lowest BCUT2D eigenvalue weighted by Crippen LogP contribution is -2.18. The van der Waals surface area contributed by atoms with Crippen LogP contribution in [-0.4, -0.2) is 15.8 Å². The number of aromatic nitrogens is 2. The van der Waals surface area contributed by atoms with Crippen molar-refractivity contribution in [3.8, 4) is 11.1 Å². The van der Waals surface area contributed by atoms with E-state index in [-0.39, 0.29) is 6.04 Å². The highest BCUT2D eigenvalue weighted by Gasteiger charge is 2.13. The molecular formula is C13H16BrN3. The van der Waals surface area contributed by atoms with Gasteiger partial charge in [-0.3, -0.25) is 4.68 Å². The summed E-state index contributed by atoms with van der Waals surface area (Å²) in [5.74, 6) is 0. The van der Waals surface area contributed by atoms with Crippen molar-refractivity contribution in [2.75, 3.05) is 0 Å². The molecule has 0 radical (unpaired) electrons. The van der Waals surface area contributed by atoms with E-state index in [9.17, 15) is 0 Å². The Morgan fingerprint density at radius 2 is 2.06 bits per heavy atom. The van der Waals surface area contributed by atoms with Gasteiger partial charge in [0.05, 0.1) is 5.69 Å². The van der Waals surface area contributed by atoms with Gasteiger partial charge in [-0.25, -0.2) is 0 Å². The third-order valence-electron chi connectivity index (χ3n) is 2.58. The SMILES string of the molecule is CC(N)Cc1nn(C)cc1-c1ccccc1Br. The highest BCUT2D eigenvalue weighted by molar-refractivity contribution is 9.10. The molecular weight excluding hydrogens is 278 g/mol. The zero-order valence-corrected chi connectivity index (χ0v) is 11.6. The maximum Gasteiger partial charge on any atom is 0.0718 e. The molecule has 1 unspecified atom stereocenters. The van der Waals surface area contributed by atoms with E-state index in [0.717, 1.165) is 27.7 Å². The molecule has 1 aromatic heterocycles. The van der Waals surface area contributed by atoms with E-state index < -0.39 is 0 Å². The summed E-state index contributed by atoms with van der Waals surface area (Å²) in [5.41, 5.74) is 9.22. The van der Waals surface area contributed by atoms with Gasteiger partial charge in [-0.2, -0.15) is 5.10 Å². The van der Waals surface area contributed by atoms with Crippen LogP contribution in [0.25, 0.3) is 11.1 Å². The summed E-state index contributed by atoms with van der Waals surface area (Å²) < 4.78 is 2.92. The van der Waals surface area contributed by atoms with E-state index in [1.54, 1.807) is 0 Å². The molecule has 2 rings (SSSR count). The predicted octanol–water partition coefficient (Wildman–Crippen LogP) is 2.74. The maximum atomic E-state index is 5.86. The van der Waals surface area contributed by atoms with Crippen LogP contribution in [0.5, 0.6) is 0 Å². The molecule has 90 valence electrons. The van der Waals surface area contributed by atoms with Crippen molar-refractivity contribution in [3.05, 3.63) is 40.6 Å². The van der Waals surface area contributed by atoms with Crippen LogP contribution in [0.15, 0.2) is 34.9 Å². The standard InChI is InChI=1S/C13H16BrN3/c1-9(15)7-13-11(8-17(2)16-13)10-5-3-4-6-12(10)14/h3-6,8-9H,7,15H2,1-2H3. The van der Waals surface area contributed by atoms with E-state index >= 15 is 0 Å². The largest absolute Gasteiger partial charge is 0.328 e. The van der Waals surface area contributed by atoms with E-state index in [1.807, 2.05) is 43.0 Å². The average molecular weight is 294 g/mol. The van der Waals surface area contributed by atoms with E-state index in [2.05, 4.69) is 27.1 Å². The zero-order valence-electron chi connectivity index (χ0n) is 10.0. The predicted molar refractivity (Wildman–Crippen MR) is 73.7 cm³/mol. The van der Waals surface area contributed by atoms with Crippen LogP contribution >= 0.6 is 15.9 Å². The lowest BCUT2D eigenvalue weighted by atomic mass is 10.0. The minimum atomic E-state index is 0.117. The molecule has 0 aliphatic heterocycles. The number of hydrogen-bond acceptors (Lipinski definition) is 2. The van der Waals surface area contributed by atoms with Gasteiger partial charge >= 0.3 is 0 Å². The van der Waals surface area contributed by atoms with E-state index in [4.69, 9.17) is 5.73 Å². The smallest absolute Gasteiger partial charge is 0.0718 e. The van der Waals surface area contributed by atoms with Crippen LogP contribution in [0.1, 0.15) is 12.6 Å². The van der Waals surface area contributed by atoms with Gasteiger partial charge in [0.25, 0.3) is 0 Å². The zero-order chi connectivity index (χ0) is 12.4. The van der Waals surface area contributed by atoms with Gasteiger partial charge < -0.3 is 5.73 Å². The number of halogens is 1. The second-order valence-electron chi connectivity index (χ2n) is 4.32. The second kappa shape index (κ2) is 5.02. The molecule has 4 heteroatoms. The van der Waals surface area contributed by atoms with Crippen molar-refractivity contribution in [2.45, 2.75) is 19.4 Å². The number of rotatable bonds is 3. The summed E-state index contributed by atoms with van der Waals surface area (Å²) in [6.07, 6.45) is 2.83. The first-order valence-electron chi connectivity index (χ1n) is 5.61. The molecule has 0 saturated heterocycles. The molecule has 0 amide bonds. The van der Waals surface area contributed by atoms with Crippen LogP contribution in [0.2, 0.25) is 0 Å². The summed E-state index contributed by atoms with van der Waals surface area (Å²) in [6.45, 7) is 2.00. The van der Waals surface area contributed by atoms with Crippen LogP contribution < -0.4 is 5.73 Å². The van der Waals surface area contributed by atoms with E-state index in [0.29, 0.717) is 0 Å². The Hall–Kier alpha value is -1.13. The molecule has 0 saturated carbocycles. The fourth-order valence-corrected chi connectivity index (χ4v) is 2.39. The first kappa shape index (κ1) is 12.3. The van der Waals surface area contributed by atoms with Crippen LogP contribution in [-0.2, 0) is 13.5 Å². The Bertz CT molecular complexity index is 517. The number of nitrogens with two attached hydrogens (primary N) is 1. The number of hydrogen-bond donors (Lipinski definition) is 1. The van der Waals surface area contributed by atoms with Crippen molar-refractivity contribution in [3.63, 3.8) is 0 Å². The summed E-state index contributed by atoms with van der Waals surface area (Å²) in [4.78, 5) is 0. The molecule has 0 fully saturated rings. The molecule has 0 aliphatic carbocycles. The molecule has 0 aliphatic rings. The Labute approximate surface area is 110 Å². The van der Waals surface area contributed by atoms with Gasteiger partial charge in [-0.15, -0.1) is 0 Å². The van der Waals surface area contributed by atoms with Crippen LogP contribution in [0.4, 0.5) is 0 Å². The Morgan fingerprint density at radius 1 is 1.35 bits per heavy atom. The van der Waals surface area contributed by atoms with Crippen LogP contribution in [0, 0.1) is 0 Å². The molecule has 2 aromatic rings. The molecule has 0 spiro atoms. The summed E-state index contributed by atoms with van der Waals surface area (Å²) in [7, 11) is 1.94. The van der Waals surface area contributed by atoms with Gasteiger partial charge in [0, 0.05) is 35.7 Å². The maximum absolute atomic E-state index is 5.86. The highest BCUT2D eigenvalue weighted by atomic mass is 79.9. The van der Waals surface area contributed by atoms with Gasteiger partial charge in [0.1, 0.15) is 0 Å². The van der Waals surface area contributed by atoms with Crippen molar-refractivity contribution in [1.82, 2.24) is 9.78 Å². The first-order chi connectivity index (χ1) is 8.08. The summed E-state index contributed by atoms with van der Waals surface area (Å²) >= 11 is 3.57. The first-order valence-corrected chi connectivity index (χ1v) is 6.40. The number of aryl methyl sites for hydroxylation is 1. The molecule has 17 heavy (non-hydrogen) atoms. The second-order valence-corrected chi connectivity index (χ2v) is 5.18. The van der Waals surface area contributed by atoms with Crippen LogP contribution in [0.3, 0.4) is 0 Å². The average Bonchev–Trinajstić information content (AvgIpc) is 2.59. The fraction of sp³-hybridized carbons (Fsp3) is 0.308. The van der Waals surface area contributed by atoms with Crippen molar-refractivity contribution in [2.24, 2.45) is 12.8 Å². The summed E-state index contributed by atoms with van der Waals surface area (Å²) in [5, 5.41) is 4.48. The highest BCUT2D eigenvalue weighted by Crippen LogP contribution is 2.30. The van der Waals surface area contributed by atoms with Crippen molar-refractivity contribution >= 4 is 15.9 Å². The Balaban J connectivity index is 2.48. The normalized spacial score (nSPS) is 12.7. The third-order valence-corrected chi connectivity index (χ3v) is 3.28. The molecule has 2 N–H and O–H groups in total. The monoisotopic (exact) mass is 293 g/mol. The van der Waals surface area contributed by atoms with Gasteiger partial charge in [-0.1, -0.05) is 34.1 Å². The van der Waals surface area contributed by atoms with Crippen molar-refractivity contribution < 1.29 is 0 Å². The fourth-order valence-electron chi connectivity index (χ4n) is 1.89. The Morgan fingerprint density at radius 3 is 2.71 bits per heavy atom. The molecule has 1 atom stereocenters. The van der Waals surface area contributed by atoms with Gasteiger partial charge in [0.2, 0.25) is 0 Å². The third kappa shape index (κ3) is 2.76. The number of nitrogens with zero attached hydrogens (tertiary/aromatic N) is 2. The number of benzene rings is 1. The lowest BCUT2D eigenvalue weighted by Gasteiger charge is -2.06. The van der Waals surface area contributed by atoms with Crippen molar-refractivity contribution in [1.29, 1.82) is 0 Å². The molecule has 3 nitrogen and oxygen atoms in total.